The van der Waals surface area contributed by atoms with E-state index in [1.54, 1.807) is 7.11 Å². The zero-order valence-electron chi connectivity index (χ0n) is 9.34. The average molecular weight is 206 g/mol. The molecule has 1 unspecified atom stereocenters. The predicted octanol–water partition coefficient (Wildman–Crippen LogP) is 2.70. The molecule has 2 N–H and O–H groups in total. The lowest BCUT2D eigenvalue weighted by Gasteiger charge is -2.15. The van der Waals surface area contributed by atoms with Gasteiger partial charge in [-0.2, -0.15) is 0 Å². The van der Waals surface area contributed by atoms with Crippen molar-refractivity contribution in [2.45, 2.75) is 25.8 Å². The molecule has 82 valence electrons. The third kappa shape index (κ3) is 2.17. The normalized spacial score (nSPS) is 19.5. The molecule has 0 radical (unpaired) electrons. The van der Waals surface area contributed by atoms with Gasteiger partial charge in [0.15, 0.2) is 0 Å². The van der Waals surface area contributed by atoms with Gasteiger partial charge in [0.25, 0.3) is 0 Å². The van der Waals surface area contributed by atoms with E-state index in [0.29, 0.717) is 6.04 Å². The molecule has 0 bridgehead atoms. The van der Waals surface area contributed by atoms with Crippen molar-refractivity contribution in [3.05, 3.63) is 18.2 Å². The molecule has 0 aromatic heterocycles. The van der Waals surface area contributed by atoms with E-state index in [2.05, 4.69) is 29.7 Å². The van der Waals surface area contributed by atoms with Gasteiger partial charge in [0, 0.05) is 18.7 Å². The maximum atomic E-state index is 5.22. The van der Waals surface area contributed by atoms with Crippen LogP contribution in [0, 0.1) is 0 Å². The molecule has 1 aromatic carbocycles. The number of hydrogen-bond acceptors (Lipinski definition) is 3. The maximum absolute atomic E-state index is 5.22. The number of anilines is 2. The third-order valence-corrected chi connectivity index (χ3v) is 2.89. The van der Waals surface area contributed by atoms with Gasteiger partial charge in [-0.3, -0.25) is 0 Å². The van der Waals surface area contributed by atoms with Gasteiger partial charge in [0.2, 0.25) is 0 Å². The highest BCUT2D eigenvalue weighted by molar-refractivity contribution is 5.71. The number of fused-ring (bicyclic) bond motifs is 1. The number of nitrogens with one attached hydrogen (secondary N) is 2. The quantitative estimate of drug-likeness (QED) is 0.780. The van der Waals surface area contributed by atoms with Crippen molar-refractivity contribution in [3.63, 3.8) is 0 Å². The van der Waals surface area contributed by atoms with Crippen LogP contribution in [-0.2, 0) is 0 Å². The van der Waals surface area contributed by atoms with Crippen LogP contribution in [0.4, 0.5) is 11.4 Å². The molecule has 0 fully saturated rings. The smallest absolute Gasteiger partial charge is 0.121 e. The van der Waals surface area contributed by atoms with Crippen LogP contribution in [-0.4, -0.2) is 19.7 Å². The first kappa shape index (κ1) is 10.1. The van der Waals surface area contributed by atoms with E-state index in [1.165, 1.54) is 5.69 Å². The molecule has 3 heteroatoms. The highest BCUT2D eigenvalue weighted by atomic mass is 16.5. The molecule has 2 rings (SSSR count). The maximum Gasteiger partial charge on any atom is 0.121 e. The van der Waals surface area contributed by atoms with Crippen LogP contribution in [0.15, 0.2) is 18.2 Å². The second-order valence-corrected chi connectivity index (χ2v) is 3.88. The summed E-state index contributed by atoms with van der Waals surface area (Å²) in [6.45, 7) is 3.24. The molecule has 15 heavy (non-hydrogen) atoms. The van der Waals surface area contributed by atoms with E-state index in [4.69, 9.17) is 4.74 Å². The summed E-state index contributed by atoms with van der Waals surface area (Å²) in [7, 11) is 1.70. The second kappa shape index (κ2) is 4.43. The Morgan fingerprint density at radius 1 is 1.40 bits per heavy atom. The summed E-state index contributed by atoms with van der Waals surface area (Å²) >= 11 is 0. The van der Waals surface area contributed by atoms with Gasteiger partial charge in [-0.25, -0.2) is 0 Å². The second-order valence-electron chi connectivity index (χ2n) is 3.88. The van der Waals surface area contributed by atoms with E-state index < -0.39 is 0 Å². The predicted molar refractivity (Wildman–Crippen MR) is 63.8 cm³/mol. The minimum absolute atomic E-state index is 0.561. The van der Waals surface area contributed by atoms with E-state index >= 15 is 0 Å². The van der Waals surface area contributed by atoms with Crippen molar-refractivity contribution in [2.24, 2.45) is 0 Å². The molecule has 0 saturated heterocycles. The van der Waals surface area contributed by atoms with E-state index in [9.17, 15) is 0 Å². The van der Waals surface area contributed by atoms with Crippen LogP contribution in [0.3, 0.4) is 0 Å². The van der Waals surface area contributed by atoms with Crippen LogP contribution in [0.2, 0.25) is 0 Å². The van der Waals surface area contributed by atoms with E-state index in [1.807, 2.05) is 6.07 Å². The topological polar surface area (TPSA) is 33.3 Å². The molecular weight excluding hydrogens is 188 g/mol. The van der Waals surface area contributed by atoms with Crippen molar-refractivity contribution in [2.75, 3.05) is 24.3 Å². The summed E-state index contributed by atoms with van der Waals surface area (Å²) in [5, 5.41) is 6.96. The molecule has 1 aliphatic rings. The van der Waals surface area contributed by atoms with Crippen molar-refractivity contribution in [3.8, 4) is 5.75 Å². The first-order valence-electron chi connectivity index (χ1n) is 5.52. The molecule has 1 heterocycles. The van der Waals surface area contributed by atoms with Gasteiger partial charge in [-0.1, -0.05) is 6.92 Å². The highest BCUT2D eigenvalue weighted by Gasteiger charge is 2.13. The Balaban J connectivity index is 2.27. The van der Waals surface area contributed by atoms with Crippen LogP contribution < -0.4 is 15.4 Å². The van der Waals surface area contributed by atoms with Crippen LogP contribution in [0.1, 0.15) is 19.8 Å². The first-order valence-corrected chi connectivity index (χ1v) is 5.52. The van der Waals surface area contributed by atoms with E-state index in [-0.39, 0.29) is 0 Å². The summed E-state index contributed by atoms with van der Waals surface area (Å²) < 4.78 is 5.22. The number of hydrogen-bond donors (Lipinski definition) is 2. The summed E-state index contributed by atoms with van der Waals surface area (Å²) in [4.78, 5) is 0. The summed E-state index contributed by atoms with van der Waals surface area (Å²) in [5.74, 6) is 0.903. The summed E-state index contributed by atoms with van der Waals surface area (Å²) in [6, 6.07) is 6.67. The first-order chi connectivity index (χ1) is 7.33. The van der Waals surface area contributed by atoms with Crippen LogP contribution in [0.25, 0.3) is 0 Å². The lowest BCUT2D eigenvalue weighted by molar-refractivity contribution is 0.415. The fourth-order valence-corrected chi connectivity index (χ4v) is 1.90. The Labute approximate surface area is 90.8 Å². The Morgan fingerprint density at radius 2 is 2.27 bits per heavy atom. The zero-order valence-corrected chi connectivity index (χ0v) is 9.34. The lowest BCUT2D eigenvalue weighted by Crippen LogP contribution is -2.18. The SMILES string of the molecule is CCC1CCNc2ccc(OC)cc2N1. The minimum Gasteiger partial charge on any atom is -0.497 e. The van der Waals surface area contributed by atoms with Crippen molar-refractivity contribution < 1.29 is 4.74 Å². The standard InChI is InChI=1S/C12H18N2O/c1-3-9-6-7-13-11-5-4-10(15-2)8-12(11)14-9/h4-5,8-9,13-14H,3,6-7H2,1-2H3. The fraction of sp³-hybridized carbons (Fsp3) is 0.500. The number of benzene rings is 1. The molecular formula is C12H18N2O. The fourth-order valence-electron chi connectivity index (χ4n) is 1.90. The third-order valence-electron chi connectivity index (χ3n) is 2.89. The van der Waals surface area contributed by atoms with Gasteiger partial charge in [-0.15, -0.1) is 0 Å². The van der Waals surface area contributed by atoms with Gasteiger partial charge in [-0.05, 0) is 25.0 Å². The van der Waals surface area contributed by atoms with E-state index in [0.717, 1.165) is 30.8 Å². The zero-order chi connectivity index (χ0) is 10.7. The highest BCUT2D eigenvalue weighted by Crippen LogP contribution is 2.30. The minimum atomic E-state index is 0.561. The molecule has 1 aromatic rings. The van der Waals surface area contributed by atoms with Gasteiger partial charge < -0.3 is 15.4 Å². The van der Waals surface area contributed by atoms with Crippen molar-refractivity contribution in [1.29, 1.82) is 0 Å². The average Bonchev–Trinajstić information content (AvgIpc) is 2.49. The molecule has 1 aliphatic heterocycles. The van der Waals surface area contributed by atoms with Gasteiger partial charge >= 0.3 is 0 Å². The number of ether oxygens (including phenoxy) is 1. The van der Waals surface area contributed by atoms with Crippen molar-refractivity contribution in [1.82, 2.24) is 0 Å². The van der Waals surface area contributed by atoms with Crippen molar-refractivity contribution >= 4 is 11.4 Å². The Bertz CT molecular complexity index is 338. The van der Waals surface area contributed by atoms with Gasteiger partial charge in [0.05, 0.1) is 18.5 Å². The number of methoxy groups -OCH3 is 1. The monoisotopic (exact) mass is 206 g/mol. The summed E-state index contributed by atoms with van der Waals surface area (Å²) in [6.07, 6.45) is 2.31. The van der Waals surface area contributed by atoms with Crippen LogP contribution >= 0.6 is 0 Å². The molecule has 0 saturated carbocycles. The molecule has 0 amide bonds. The lowest BCUT2D eigenvalue weighted by atomic mass is 10.1. The molecule has 1 atom stereocenters. The van der Waals surface area contributed by atoms with Crippen LogP contribution in [0.5, 0.6) is 5.75 Å². The molecule has 0 spiro atoms. The Kier molecular flexibility index (Phi) is 2.99. The Hall–Kier alpha value is -1.38. The van der Waals surface area contributed by atoms with Gasteiger partial charge in [0.1, 0.15) is 5.75 Å². The molecule has 0 aliphatic carbocycles. The summed E-state index contributed by atoms with van der Waals surface area (Å²) in [5.41, 5.74) is 2.32. The largest absolute Gasteiger partial charge is 0.497 e. The number of rotatable bonds is 2. The Morgan fingerprint density at radius 3 is 3.00 bits per heavy atom. The molecule has 3 nitrogen and oxygen atoms in total.